The molecule has 1 atom stereocenters. The molecule has 0 spiro atoms. The summed E-state index contributed by atoms with van der Waals surface area (Å²) in [4.78, 5) is 22.3. The van der Waals surface area contributed by atoms with E-state index in [1.165, 1.54) is 20.1 Å². The fourth-order valence-electron chi connectivity index (χ4n) is 2.70. The molecule has 0 bridgehead atoms. The Kier molecular flexibility index (Phi) is 9.45. The predicted molar refractivity (Wildman–Crippen MR) is 113 cm³/mol. The number of benzene rings is 2. The lowest BCUT2D eigenvalue weighted by molar-refractivity contribution is -0.144. The van der Waals surface area contributed by atoms with E-state index in [0.29, 0.717) is 40.2 Å². The molecule has 0 aliphatic rings. The van der Waals surface area contributed by atoms with Crippen LogP contribution in [0, 0.1) is 6.92 Å². The van der Waals surface area contributed by atoms with Crippen LogP contribution in [-0.2, 0) is 9.59 Å². The molecule has 1 N–H and O–H groups in total. The summed E-state index contributed by atoms with van der Waals surface area (Å²) < 4.78 is 16.2. The molecule has 156 valence electrons. The van der Waals surface area contributed by atoms with Gasteiger partial charge in [0.1, 0.15) is 23.5 Å². The van der Waals surface area contributed by atoms with Gasteiger partial charge in [-0.2, -0.15) is 0 Å². The minimum absolute atomic E-state index is 0.408. The van der Waals surface area contributed by atoms with Gasteiger partial charge >= 0.3 is 5.97 Å². The van der Waals surface area contributed by atoms with Gasteiger partial charge in [-0.25, -0.2) is 4.79 Å². The summed E-state index contributed by atoms with van der Waals surface area (Å²) in [6, 6.07) is 10.7. The van der Waals surface area contributed by atoms with Crippen molar-refractivity contribution in [1.82, 2.24) is 0 Å². The Labute approximate surface area is 171 Å². The van der Waals surface area contributed by atoms with Crippen molar-refractivity contribution in [1.29, 1.82) is 0 Å². The van der Waals surface area contributed by atoms with E-state index in [-0.39, 0.29) is 0 Å². The summed E-state index contributed by atoms with van der Waals surface area (Å²) in [5.74, 6) is 0.565. The number of carboxylic acid groups (broad SMARTS) is 1. The van der Waals surface area contributed by atoms with Crippen LogP contribution in [0.15, 0.2) is 42.5 Å². The lowest BCUT2D eigenvalue weighted by Gasteiger charge is -2.19. The van der Waals surface area contributed by atoms with Crippen LogP contribution >= 0.6 is 0 Å². The molecule has 0 aromatic heterocycles. The maximum absolute atomic E-state index is 11.2. The van der Waals surface area contributed by atoms with E-state index in [1.54, 1.807) is 38.3 Å². The molecule has 2 rings (SSSR count). The maximum Gasteiger partial charge on any atom is 0.344 e. The van der Waals surface area contributed by atoms with Crippen LogP contribution in [0.5, 0.6) is 17.2 Å². The highest BCUT2D eigenvalue weighted by Crippen LogP contribution is 2.38. The van der Waals surface area contributed by atoms with Crippen molar-refractivity contribution in [3.63, 3.8) is 0 Å². The highest BCUT2D eigenvalue weighted by Gasteiger charge is 2.19. The number of aldehydes is 1. The number of carbonyl (C=O) groups is 2. The van der Waals surface area contributed by atoms with E-state index >= 15 is 0 Å². The second kappa shape index (κ2) is 11.5. The summed E-state index contributed by atoms with van der Waals surface area (Å²) in [6.07, 6.45) is 1.18. The van der Waals surface area contributed by atoms with E-state index in [1.807, 2.05) is 26.0 Å². The van der Waals surface area contributed by atoms with Crippen molar-refractivity contribution in [3.05, 3.63) is 59.2 Å². The molecule has 0 radical (unpaired) electrons. The molecular weight excluding hydrogens is 372 g/mol. The van der Waals surface area contributed by atoms with Gasteiger partial charge in [-0.3, -0.25) is 4.79 Å². The molecule has 0 aliphatic heterocycles. The van der Waals surface area contributed by atoms with Crippen molar-refractivity contribution >= 4 is 17.8 Å². The Morgan fingerprint density at radius 1 is 1.03 bits per heavy atom. The number of allylic oxidation sites excluding steroid dienone is 1. The Hall–Kier alpha value is -3.28. The van der Waals surface area contributed by atoms with Crippen LogP contribution in [-0.4, -0.2) is 37.7 Å². The fourth-order valence-corrected chi connectivity index (χ4v) is 2.70. The normalized spacial score (nSPS) is 11.6. The van der Waals surface area contributed by atoms with E-state index in [4.69, 9.17) is 19.3 Å². The van der Waals surface area contributed by atoms with Crippen LogP contribution in [0.4, 0.5) is 0 Å². The molecule has 6 heteroatoms. The molecule has 0 unspecified atom stereocenters. The number of hydrogen-bond donors (Lipinski definition) is 1. The van der Waals surface area contributed by atoms with Gasteiger partial charge in [0, 0.05) is 11.1 Å². The van der Waals surface area contributed by atoms with Gasteiger partial charge in [-0.1, -0.05) is 26.0 Å². The second-order valence-electron chi connectivity index (χ2n) is 5.81. The highest BCUT2D eigenvalue weighted by atomic mass is 16.5. The smallest absolute Gasteiger partial charge is 0.344 e. The zero-order valence-electron chi connectivity index (χ0n) is 17.7. The van der Waals surface area contributed by atoms with Crippen LogP contribution < -0.4 is 14.2 Å². The molecule has 0 saturated heterocycles. The zero-order chi connectivity index (χ0) is 22.0. The zero-order valence-corrected chi connectivity index (χ0v) is 17.7. The summed E-state index contributed by atoms with van der Waals surface area (Å²) in [5, 5.41) is 9.05. The Morgan fingerprint density at radius 3 is 2.14 bits per heavy atom. The minimum Gasteiger partial charge on any atom is -0.497 e. The van der Waals surface area contributed by atoms with Gasteiger partial charge in [-0.15, -0.1) is 0 Å². The van der Waals surface area contributed by atoms with Crippen LogP contribution in [0.25, 0.3) is 5.57 Å². The van der Waals surface area contributed by atoms with E-state index in [0.717, 1.165) is 5.56 Å². The van der Waals surface area contributed by atoms with Crippen LogP contribution in [0.3, 0.4) is 0 Å². The average molecular weight is 400 g/mol. The monoisotopic (exact) mass is 400 g/mol. The first-order chi connectivity index (χ1) is 13.9. The number of methoxy groups -OCH3 is 2. The second-order valence-corrected chi connectivity index (χ2v) is 5.81. The third-order valence-electron chi connectivity index (χ3n) is 4.14. The third-order valence-corrected chi connectivity index (χ3v) is 4.14. The molecule has 0 saturated carbocycles. The highest BCUT2D eigenvalue weighted by molar-refractivity contribution is 5.92. The Bertz CT molecular complexity index is 852. The van der Waals surface area contributed by atoms with Crippen molar-refractivity contribution < 1.29 is 28.9 Å². The van der Waals surface area contributed by atoms with E-state index in [9.17, 15) is 9.59 Å². The first-order valence-corrected chi connectivity index (χ1v) is 9.30. The lowest BCUT2D eigenvalue weighted by Crippen LogP contribution is -2.23. The summed E-state index contributed by atoms with van der Waals surface area (Å²) in [7, 11) is 3.10. The Morgan fingerprint density at radius 2 is 1.66 bits per heavy atom. The molecule has 0 amide bonds. The van der Waals surface area contributed by atoms with Gasteiger partial charge in [0.2, 0.25) is 0 Å². The van der Waals surface area contributed by atoms with Gasteiger partial charge in [-0.05, 0) is 55.3 Å². The SMILES string of the molecule is CC.COc1ccc(/C(=C/C=O)c2ccc(O[C@H](C)C(=O)O)c(C)c2OC)cc1. The van der Waals surface area contributed by atoms with Crippen molar-refractivity contribution in [2.75, 3.05) is 14.2 Å². The largest absolute Gasteiger partial charge is 0.497 e. The maximum atomic E-state index is 11.2. The quantitative estimate of drug-likeness (QED) is 0.518. The Balaban J connectivity index is 0.00000204. The molecule has 6 nitrogen and oxygen atoms in total. The van der Waals surface area contributed by atoms with Gasteiger partial charge in [0.25, 0.3) is 0 Å². The minimum atomic E-state index is -1.06. The average Bonchev–Trinajstić information content (AvgIpc) is 2.75. The van der Waals surface area contributed by atoms with E-state index < -0.39 is 12.1 Å². The van der Waals surface area contributed by atoms with Crippen molar-refractivity contribution in [3.8, 4) is 17.2 Å². The molecule has 0 aliphatic carbocycles. The number of carbonyl (C=O) groups excluding carboxylic acids is 1. The number of hydrogen-bond acceptors (Lipinski definition) is 5. The third kappa shape index (κ3) is 5.85. The number of ether oxygens (including phenoxy) is 3. The van der Waals surface area contributed by atoms with Crippen LogP contribution in [0.1, 0.15) is 37.5 Å². The van der Waals surface area contributed by atoms with Crippen LogP contribution in [0.2, 0.25) is 0 Å². The molecule has 0 fully saturated rings. The fraction of sp³-hybridized carbons (Fsp3) is 0.304. The topological polar surface area (TPSA) is 82.1 Å². The first-order valence-electron chi connectivity index (χ1n) is 9.30. The summed E-state index contributed by atoms with van der Waals surface area (Å²) >= 11 is 0. The molecular formula is C23H28O6. The molecule has 2 aromatic carbocycles. The summed E-state index contributed by atoms with van der Waals surface area (Å²) in [5.41, 5.74) is 2.83. The molecule has 2 aromatic rings. The van der Waals surface area contributed by atoms with Crippen molar-refractivity contribution in [2.45, 2.75) is 33.8 Å². The van der Waals surface area contributed by atoms with Gasteiger partial charge in [0.15, 0.2) is 6.10 Å². The standard InChI is InChI=1S/C21H22O6.C2H6/c1-13-19(27-14(2)21(23)24)10-9-18(20(13)26-4)17(11-12-22)15-5-7-16(25-3)8-6-15;1-2/h5-12,14H,1-4H3,(H,23,24);1-2H3/b17-11-;/t14-;/m1./s1. The molecule has 0 heterocycles. The van der Waals surface area contributed by atoms with E-state index in [2.05, 4.69) is 0 Å². The molecule has 29 heavy (non-hydrogen) atoms. The summed E-state index contributed by atoms with van der Waals surface area (Å²) in [6.45, 7) is 7.23. The number of carboxylic acids is 1. The number of aliphatic carboxylic acids is 1. The van der Waals surface area contributed by atoms with Gasteiger partial charge in [0.05, 0.1) is 14.2 Å². The number of rotatable bonds is 8. The first kappa shape index (κ1) is 23.8. The predicted octanol–water partition coefficient (Wildman–Crippen LogP) is 4.52. The van der Waals surface area contributed by atoms with Gasteiger partial charge < -0.3 is 19.3 Å². The van der Waals surface area contributed by atoms with Crippen molar-refractivity contribution in [2.24, 2.45) is 0 Å². The lowest BCUT2D eigenvalue weighted by atomic mass is 9.94.